The highest BCUT2D eigenvalue weighted by Crippen LogP contribution is 2.44. The summed E-state index contributed by atoms with van der Waals surface area (Å²) in [7, 11) is 2.37. The van der Waals surface area contributed by atoms with Crippen LogP contribution in [-0.4, -0.2) is 52.8 Å². The van der Waals surface area contributed by atoms with Gasteiger partial charge in [-0.2, -0.15) is 0 Å². The molecule has 1 fully saturated rings. The second-order valence-corrected chi connectivity index (χ2v) is 16.8. The van der Waals surface area contributed by atoms with E-state index in [0.717, 1.165) is 48.3 Å². The highest BCUT2D eigenvalue weighted by Gasteiger charge is 2.42. The van der Waals surface area contributed by atoms with Crippen LogP contribution >= 0.6 is 0 Å². The second-order valence-electron chi connectivity index (χ2n) is 12.1. The van der Waals surface area contributed by atoms with Gasteiger partial charge in [-0.15, -0.1) is 0 Å². The van der Waals surface area contributed by atoms with E-state index in [-0.39, 0.29) is 22.9 Å². The fourth-order valence-corrected chi connectivity index (χ4v) is 5.92. The lowest BCUT2D eigenvalue weighted by Crippen LogP contribution is -2.44. The zero-order valence-electron chi connectivity index (χ0n) is 26.1. The number of anilines is 1. The van der Waals surface area contributed by atoms with E-state index in [1.54, 1.807) is 20.3 Å². The number of nitrogen functional groups attached to an aromatic ring is 1. The number of ether oxygens (including phenoxy) is 4. The Morgan fingerprint density at radius 1 is 1.10 bits per heavy atom. The van der Waals surface area contributed by atoms with E-state index in [2.05, 4.69) is 50.7 Å². The van der Waals surface area contributed by atoms with Gasteiger partial charge in [0.05, 0.1) is 45.3 Å². The topological polar surface area (TPSA) is 102 Å². The number of rotatable bonds is 10. The standard InChI is InChI=1S/C32H46N2O6Si/c1-21-28(36-5)19-22(20-29(21)37-6)30(40-41(8,9)32(2,3)4)27(39-23-13-10-11-14-23)16-12-15-25-24(33)17-18-26(34-25)31(35)38-7/h17-20,23,27,30H,10-11,13-14,16,33H2,1-9H3/t27-,30?/m0/s1. The number of esters is 1. The van der Waals surface area contributed by atoms with E-state index in [0.29, 0.717) is 17.8 Å². The molecule has 2 aromatic rings. The van der Waals surface area contributed by atoms with Crippen LogP contribution in [0, 0.1) is 18.8 Å². The van der Waals surface area contributed by atoms with E-state index in [1.165, 1.54) is 13.2 Å². The summed E-state index contributed by atoms with van der Waals surface area (Å²) in [5, 5.41) is -0.0274. The number of hydrogen-bond acceptors (Lipinski definition) is 8. The zero-order chi connectivity index (χ0) is 30.4. The lowest BCUT2D eigenvalue weighted by atomic mass is 9.99. The maximum absolute atomic E-state index is 12.0. The first kappa shape index (κ1) is 32.5. The first-order valence-corrected chi connectivity index (χ1v) is 17.1. The molecule has 1 aliphatic carbocycles. The van der Waals surface area contributed by atoms with Gasteiger partial charge in [0, 0.05) is 12.0 Å². The van der Waals surface area contributed by atoms with Crippen molar-refractivity contribution in [2.75, 3.05) is 27.1 Å². The average molecular weight is 583 g/mol. The summed E-state index contributed by atoms with van der Waals surface area (Å²) < 4.78 is 30.2. The van der Waals surface area contributed by atoms with Crippen molar-refractivity contribution in [3.8, 4) is 23.3 Å². The van der Waals surface area contributed by atoms with Crippen molar-refractivity contribution in [2.45, 2.75) is 96.2 Å². The molecule has 1 heterocycles. The van der Waals surface area contributed by atoms with Gasteiger partial charge in [-0.25, -0.2) is 9.78 Å². The van der Waals surface area contributed by atoms with Crippen LogP contribution in [-0.2, 0) is 13.9 Å². The zero-order valence-corrected chi connectivity index (χ0v) is 27.1. The molecular weight excluding hydrogens is 536 g/mol. The molecule has 1 saturated carbocycles. The Kier molecular flexibility index (Phi) is 10.9. The fraction of sp³-hybridized carbons (Fsp3) is 0.562. The van der Waals surface area contributed by atoms with Gasteiger partial charge < -0.3 is 29.1 Å². The molecule has 0 spiro atoms. The van der Waals surface area contributed by atoms with Crippen LogP contribution in [0.4, 0.5) is 5.69 Å². The van der Waals surface area contributed by atoms with E-state index in [4.69, 9.17) is 29.1 Å². The average Bonchev–Trinajstić information content (AvgIpc) is 3.44. The molecule has 41 heavy (non-hydrogen) atoms. The number of carbonyl (C=O) groups excluding carboxylic acids is 1. The second kappa shape index (κ2) is 13.7. The van der Waals surface area contributed by atoms with Crippen LogP contribution in [0.2, 0.25) is 18.1 Å². The number of nitrogens with zero attached hydrogens (tertiary/aromatic N) is 1. The Labute approximate surface area is 246 Å². The fourth-order valence-electron chi connectivity index (χ4n) is 4.65. The van der Waals surface area contributed by atoms with Crippen molar-refractivity contribution in [3.63, 3.8) is 0 Å². The maximum Gasteiger partial charge on any atom is 0.356 e. The molecule has 3 rings (SSSR count). The molecular formula is C32H46N2O6Si. The lowest BCUT2D eigenvalue weighted by molar-refractivity contribution is -0.0682. The van der Waals surface area contributed by atoms with Gasteiger partial charge in [0.25, 0.3) is 0 Å². The van der Waals surface area contributed by atoms with E-state index >= 15 is 0 Å². The number of carbonyl (C=O) groups is 1. The minimum absolute atomic E-state index is 0.0274. The number of hydrogen-bond donors (Lipinski definition) is 1. The molecule has 2 N–H and O–H groups in total. The Morgan fingerprint density at radius 3 is 2.24 bits per heavy atom. The van der Waals surface area contributed by atoms with Crippen molar-refractivity contribution >= 4 is 20.0 Å². The highest BCUT2D eigenvalue weighted by molar-refractivity contribution is 6.74. The molecule has 0 radical (unpaired) electrons. The first-order chi connectivity index (χ1) is 19.3. The van der Waals surface area contributed by atoms with Crippen LogP contribution in [0.25, 0.3) is 0 Å². The minimum Gasteiger partial charge on any atom is -0.496 e. The van der Waals surface area contributed by atoms with Crippen LogP contribution in [0.1, 0.15) is 86.3 Å². The van der Waals surface area contributed by atoms with Gasteiger partial charge in [0.1, 0.15) is 22.9 Å². The summed E-state index contributed by atoms with van der Waals surface area (Å²) in [6.45, 7) is 13.1. The van der Waals surface area contributed by atoms with Crippen molar-refractivity contribution in [3.05, 3.63) is 46.8 Å². The minimum atomic E-state index is -2.27. The predicted octanol–water partition coefficient (Wildman–Crippen LogP) is 6.61. The Bertz CT molecular complexity index is 1250. The van der Waals surface area contributed by atoms with E-state index < -0.39 is 20.4 Å². The quantitative estimate of drug-likeness (QED) is 0.190. The number of benzene rings is 1. The number of nitrogens with two attached hydrogens (primary N) is 1. The summed E-state index contributed by atoms with van der Waals surface area (Å²) in [4.78, 5) is 16.3. The molecule has 0 saturated heterocycles. The summed E-state index contributed by atoms with van der Waals surface area (Å²) >= 11 is 0. The number of aromatic nitrogens is 1. The molecule has 1 aromatic carbocycles. The molecule has 1 aromatic heterocycles. The maximum atomic E-state index is 12.0. The van der Waals surface area contributed by atoms with Crippen LogP contribution in [0.15, 0.2) is 24.3 Å². The molecule has 8 nitrogen and oxygen atoms in total. The van der Waals surface area contributed by atoms with Gasteiger partial charge in [-0.1, -0.05) is 39.5 Å². The van der Waals surface area contributed by atoms with Crippen molar-refractivity contribution in [1.82, 2.24) is 4.98 Å². The summed E-state index contributed by atoms with van der Waals surface area (Å²) in [5.41, 5.74) is 8.86. The third kappa shape index (κ3) is 8.03. The normalized spacial score (nSPS) is 15.5. The van der Waals surface area contributed by atoms with Gasteiger partial charge in [0.2, 0.25) is 0 Å². The van der Waals surface area contributed by atoms with Crippen molar-refractivity contribution < 1.29 is 28.2 Å². The summed E-state index contributed by atoms with van der Waals surface area (Å²) in [5.74, 6) is 7.23. The molecule has 2 atom stereocenters. The molecule has 0 bridgehead atoms. The van der Waals surface area contributed by atoms with E-state index in [1.807, 2.05) is 19.1 Å². The monoisotopic (exact) mass is 582 g/mol. The molecule has 9 heteroatoms. The van der Waals surface area contributed by atoms with Crippen molar-refractivity contribution in [2.24, 2.45) is 0 Å². The van der Waals surface area contributed by atoms with Crippen LogP contribution < -0.4 is 15.2 Å². The summed E-state index contributed by atoms with van der Waals surface area (Å²) in [6, 6.07) is 7.19. The third-order valence-corrected chi connectivity index (χ3v) is 12.6. The van der Waals surface area contributed by atoms with Crippen LogP contribution in [0.5, 0.6) is 11.5 Å². The van der Waals surface area contributed by atoms with Crippen LogP contribution in [0.3, 0.4) is 0 Å². The third-order valence-electron chi connectivity index (χ3n) is 8.17. The SMILES string of the molecule is COC(=O)c1ccc(N)c(C#CC[C@H](OC2CCCC2)C(O[Si](C)(C)C(C)(C)C)c2cc(OC)c(C)c(OC)c2)n1. The van der Waals surface area contributed by atoms with Gasteiger partial charge in [-0.05, 0) is 73.6 Å². The summed E-state index contributed by atoms with van der Waals surface area (Å²) in [6.07, 6.45) is 4.01. The number of pyridine rings is 1. The highest BCUT2D eigenvalue weighted by atomic mass is 28.4. The molecule has 1 unspecified atom stereocenters. The lowest BCUT2D eigenvalue weighted by Gasteiger charge is -2.42. The molecule has 0 amide bonds. The molecule has 1 aliphatic rings. The molecule has 224 valence electrons. The molecule has 0 aliphatic heterocycles. The van der Waals surface area contributed by atoms with Gasteiger partial charge in [0.15, 0.2) is 8.32 Å². The smallest absolute Gasteiger partial charge is 0.356 e. The van der Waals surface area contributed by atoms with E-state index in [9.17, 15) is 4.79 Å². The largest absolute Gasteiger partial charge is 0.496 e. The Balaban J connectivity index is 2.09. The van der Waals surface area contributed by atoms with Gasteiger partial charge in [-0.3, -0.25) is 0 Å². The number of methoxy groups -OCH3 is 3. The predicted molar refractivity (Wildman–Crippen MR) is 164 cm³/mol. The van der Waals surface area contributed by atoms with Gasteiger partial charge >= 0.3 is 5.97 Å². The Hall–Kier alpha value is -3.06. The van der Waals surface area contributed by atoms with Crippen molar-refractivity contribution in [1.29, 1.82) is 0 Å². The Morgan fingerprint density at radius 2 is 1.71 bits per heavy atom. The first-order valence-electron chi connectivity index (χ1n) is 14.2.